The molecule has 3 rings (SSSR count). The standard InChI is InChI=1S/C14H7BrCl2N2O/c15-13-10-6-1-2-7-19(10)14(18-13)12(20)8-4-3-5-9(16)11(8)17/h1-7H. The average Bonchev–Trinajstić information content (AvgIpc) is 2.79. The molecule has 0 N–H and O–H groups in total. The molecule has 0 atom stereocenters. The van der Waals surface area contributed by atoms with E-state index in [0.717, 1.165) is 5.52 Å². The van der Waals surface area contributed by atoms with Gasteiger partial charge in [0, 0.05) is 11.8 Å². The van der Waals surface area contributed by atoms with Gasteiger partial charge in [0.1, 0.15) is 4.60 Å². The van der Waals surface area contributed by atoms with Gasteiger partial charge in [0.25, 0.3) is 0 Å². The predicted octanol–water partition coefficient (Wildman–Crippen LogP) is 4.63. The lowest BCUT2D eigenvalue weighted by Gasteiger charge is -2.04. The summed E-state index contributed by atoms with van der Waals surface area (Å²) < 4.78 is 2.32. The van der Waals surface area contributed by atoms with Gasteiger partial charge in [0.2, 0.25) is 5.78 Å². The van der Waals surface area contributed by atoms with Crippen LogP contribution in [0.1, 0.15) is 16.2 Å². The molecule has 0 aliphatic rings. The lowest BCUT2D eigenvalue weighted by molar-refractivity contribution is 0.102. The van der Waals surface area contributed by atoms with Gasteiger partial charge < -0.3 is 0 Å². The van der Waals surface area contributed by atoms with Gasteiger partial charge in [-0.05, 0) is 40.2 Å². The number of ketones is 1. The monoisotopic (exact) mass is 368 g/mol. The van der Waals surface area contributed by atoms with Crippen LogP contribution in [0.2, 0.25) is 10.0 Å². The molecule has 0 bridgehead atoms. The van der Waals surface area contributed by atoms with E-state index in [4.69, 9.17) is 23.2 Å². The molecular formula is C14H7BrCl2N2O. The van der Waals surface area contributed by atoms with Crippen molar-refractivity contribution < 1.29 is 4.79 Å². The third-order valence-electron chi connectivity index (χ3n) is 2.90. The Hall–Kier alpha value is -1.36. The molecule has 0 aliphatic carbocycles. The zero-order chi connectivity index (χ0) is 14.3. The number of rotatable bonds is 2. The molecule has 6 heteroatoms. The highest BCUT2D eigenvalue weighted by atomic mass is 79.9. The van der Waals surface area contributed by atoms with Crippen LogP contribution in [0.5, 0.6) is 0 Å². The highest BCUT2D eigenvalue weighted by Gasteiger charge is 2.20. The molecular weight excluding hydrogens is 363 g/mol. The van der Waals surface area contributed by atoms with Crippen molar-refractivity contribution in [2.75, 3.05) is 0 Å². The van der Waals surface area contributed by atoms with Gasteiger partial charge in [-0.2, -0.15) is 0 Å². The number of fused-ring (bicyclic) bond motifs is 1. The van der Waals surface area contributed by atoms with E-state index in [1.807, 2.05) is 18.2 Å². The first-order valence-electron chi connectivity index (χ1n) is 5.71. The summed E-state index contributed by atoms with van der Waals surface area (Å²) in [6.45, 7) is 0. The number of pyridine rings is 1. The Balaban J connectivity index is 2.21. The van der Waals surface area contributed by atoms with Crippen molar-refractivity contribution in [2.45, 2.75) is 0 Å². The largest absolute Gasteiger partial charge is 0.296 e. The highest BCUT2D eigenvalue weighted by molar-refractivity contribution is 9.10. The van der Waals surface area contributed by atoms with E-state index in [9.17, 15) is 4.79 Å². The van der Waals surface area contributed by atoms with Gasteiger partial charge in [-0.25, -0.2) is 4.98 Å². The molecule has 3 aromatic rings. The summed E-state index contributed by atoms with van der Waals surface area (Å²) >= 11 is 15.4. The second-order valence-corrected chi connectivity index (χ2v) is 5.65. The Bertz CT molecular complexity index is 829. The molecule has 0 saturated carbocycles. The number of hydrogen-bond donors (Lipinski definition) is 0. The molecule has 3 nitrogen and oxygen atoms in total. The van der Waals surface area contributed by atoms with Crippen molar-refractivity contribution in [1.82, 2.24) is 9.38 Å². The van der Waals surface area contributed by atoms with Gasteiger partial charge >= 0.3 is 0 Å². The van der Waals surface area contributed by atoms with Crippen molar-refractivity contribution >= 4 is 50.4 Å². The second-order valence-electron chi connectivity index (χ2n) is 4.11. The molecule has 0 spiro atoms. The van der Waals surface area contributed by atoms with Gasteiger partial charge in [0.05, 0.1) is 15.6 Å². The molecule has 0 unspecified atom stereocenters. The van der Waals surface area contributed by atoms with E-state index in [-0.39, 0.29) is 16.6 Å². The lowest BCUT2D eigenvalue weighted by Crippen LogP contribution is -2.07. The van der Waals surface area contributed by atoms with Crippen LogP contribution in [0.15, 0.2) is 47.2 Å². The maximum absolute atomic E-state index is 12.6. The molecule has 1 aromatic carbocycles. The minimum absolute atomic E-state index is 0.239. The average molecular weight is 370 g/mol. The van der Waals surface area contributed by atoms with Gasteiger partial charge in [-0.1, -0.05) is 35.3 Å². The highest BCUT2D eigenvalue weighted by Crippen LogP contribution is 2.28. The van der Waals surface area contributed by atoms with E-state index in [1.165, 1.54) is 0 Å². The summed E-state index contributed by atoms with van der Waals surface area (Å²) in [7, 11) is 0. The number of halogens is 3. The van der Waals surface area contributed by atoms with Crippen LogP contribution in [0.3, 0.4) is 0 Å². The molecule has 2 heterocycles. The Morgan fingerprint density at radius 3 is 2.75 bits per heavy atom. The van der Waals surface area contributed by atoms with Crippen molar-refractivity contribution in [3.63, 3.8) is 0 Å². The van der Waals surface area contributed by atoms with Crippen LogP contribution in [0.4, 0.5) is 0 Å². The maximum Gasteiger partial charge on any atom is 0.230 e. The Kier molecular flexibility index (Phi) is 3.54. The van der Waals surface area contributed by atoms with Gasteiger partial charge in [-0.3, -0.25) is 9.20 Å². The summed E-state index contributed by atoms with van der Waals surface area (Å²) in [5.41, 5.74) is 1.15. The summed E-state index contributed by atoms with van der Waals surface area (Å²) in [5.74, 6) is 0.0149. The minimum atomic E-state index is -0.274. The Labute approximate surface area is 133 Å². The Morgan fingerprint density at radius 1 is 1.15 bits per heavy atom. The number of carbonyl (C=O) groups excluding carboxylic acids is 1. The first kappa shape index (κ1) is 13.6. The molecule has 0 fully saturated rings. The molecule has 20 heavy (non-hydrogen) atoms. The van der Waals surface area contributed by atoms with Crippen molar-refractivity contribution in [2.24, 2.45) is 0 Å². The first-order chi connectivity index (χ1) is 9.59. The normalized spacial score (nSPS) is 10.9. The first-order valence-corrected chi connectivity index (χ1v) is 7.26. The topological polar surface area (TPSA) is 34.4 Å². The molecule has 100 valence electrons. The van der Waals surface area contributed by atoms with E-state index in [0.29, 0.717) is 15.2 Å². The Morgan fingerprint density at radius 2 is 1.95 bits per heavy atom. The smallest absolute Gasteiger partial charge is 0.230 e. The van der Waals surface area contributed by atoms with E-state index in [1.54, 1.807) is 28.8 Å². The zero-order valence-electron chi connectivity index (χ0n) is 9.98. The number of hydrogen-bond acceptors (Lipinski definition) is 2. The van der Waals surface area contributed by atoms with E-state index >= 15 is 0 Å². The van der Waals surface area contributed by atoms with Crippen molar-refractivity contribution in [3.05, 3.63) is 68.6 Å². The fraction of sp³-hybridized carbons (Fsp3) is 0. The van der Waals surface area contributed by atoms with E-state index in [2.05, 4.69) is 20.9 Å². The number of aromatic nitrogens is 2. The molecule has 0 aliphatic heterocycles. The number of imidazole rings is 1. The molecule has 0 amide bonds. The van der Waals surface area contributed by atoms with E-state index < -0.39 is 0 Å². The number of benzene rings is 1. The molecule has 0 saturated heterocycles. The summed E-state index contributed by atoms with van der Waals surface area (Å²) in [6, 6.07) is 10.5. The molecule has 2 aromatic heterocycles. The third-order valence-corrected chi connectivity index (χ3v) is 4.31. The summed E-state index contributed by atoms with van der Waals surface area (Å²) in [4.78, 5) is 16.9. The fourth-order valence-corrected chi connectivity index (χ4v) is 2.84. The third kappa shape index (κ3) is 2.14. The van der Waals surface area contributed by atoms with Crippen LogP contribution < -0.4 is 0 Å². The van der Waals surface area contributed by atoms with Gasteiger partial charge in [-0.15, -0.1) is 0 Å². The second kappa shape index (κ2) is 5.20. The van der Waals surface area contributed by atoms with Crippen LogP contribution in [0.25, 0.3) is 5.52 Å². The number of carbonyl (C=O) groups is 1. The van der Waals surface area contributed by atoms with Crippen molar-refractivity contribution in [3.8, 4) is 0 Å². The fourth-order valence-electron chi connectivity index (χ4n) is 1.96. The van der Waals surface area contributed by atoms with Crippen LogP contribution >= 0.6 is 39.1 Å². The van der Waals surface area contributed by atoms with Crippen LogP contribution in [0, 0.1) is 0 Å². The lowest BCUT2D eigenvalue weighted by atomic mass is 10.1. The van der Waals surface area contributed by atoms with Crippen LogP contribution in [-0.2, 0) is 0 Å². The minimum Gasteiger partial charge on any atom is -0.296 e. The quantitative estimate of drug-likeness (QED) is 0.617. The van der Waals surface area contributed by atoms with Crippen molar-refractivity contribution in [1.29, 1.82) is 0 Å². The SMILES string of the molecule is O=C(c1cccc(Cl)c1Cl)c1nc(Br)c2ccccn12. The predicted molar refractivity (Wildman–Crippen MR) is 82.8 cm³/mol. The number of nitrogens with zero attached hydrogens (tertiary/aromatic N) is 2. The molecule has 0 radical (unpaired) electrons. The summed E-state index contributed by atoms with van der Waals surface area (Å²) in [5, 5.41) is 0.584. The van der Waals surface area contributed by atoms with Gasteiger partial charge in [0.15, 0.2) is 5.82 Å². The summed E-state index contributed by atoms with van der Waals surface area (Å²) in [6.07, 6.45) is 1.78. The van der Waals surface area contributed by atoms with Crippen LogP contribution in [-0.4, -0.2) is 15.2 Å². The maximum atomic E-state index is 12.6. The zero-order valence-corrected chi connectivity index (χ0v) is 13.1.